The van der Waals surface area contributed by atoms with Crippen LogP contribution in [0.15, 0.2) is 55.4 Å². The zero-order chi connectivity index (χ0) is 20.0. The summed E-state index contributed by atoms with van der Waals surface area (Å²) in [5, 5.41) is 23.5. The number of nitro benzene ring substituents is 1. The van der Waals surface area contributed by atoms with Gasteiger partial charge in [0, 0.05) is 35.4 Å². The standard InChI is InChI=1S/C19H19N3O4S/c1-3-8-20-19(27)17(21-9-4-5-14(11-21)12-23)18(24)15-7-6-13(2)16(10-15)22(25)26/h3-7,9-11,17,23H,1,8,12H2,2H3/p+1/t17-/m0/s1. The number of aliphatic hydroxyl groups is 1. The molecular weight excluding hydrogens is 366 g/mol. The van der Waals surface area contributed by atoms with E-state index in [1.807, 2.05) is 0 Å². The van der Waals surface area contributed by atoms with Crippen LogP contribution in [0.4, 0.5) is 5.69 Å². The van der Waals surface area contributed by atoms with Crippen LogP contribution in [0, 0.1) is 17.0 Å². The Bertz CT molecular complexity index is 898. The molecule has 0 saturated carbocycles. The van der Waals surface area contributed by atoms with E-state index in [0.29, 0.717) is 17.7 Å². The van der Waals surface area contributed by atoms with Gasteiger partial charge in [0.2, 0.25) is 5.78 Å². The lowest BCUT2D eigenvalue weighted by Gasteiger charge is -2.14. The summed E-state index contributed by atoms with van der Waals surface area (Å²) in [5.74, 6) is -0.389. The molecule has 7 nitrogen and oxygen atoms in total. The summed E-state index contributed by atoms with van der Waals surface area (Å²) in [7, 11) is 0. The summed E-state index contributed by atoms with van der Waals surface area (Å²) in [6, 6.07) is 6.85. The van der Waals surface area contributed by atoms with Crippen molar-refractivity contribution in [2.45, 2.75) is 19.6 Å². The lowest BCUT2D eigenvalue weighted by molar-refractivity contribution is -0.692. The highest BCUT2D eigenvalue weighted by molar-refractivity contribution is 7.80. The maximum Gasteiger partial charge on any atom is 0.273 e. The Kier molecular flexibility index (Phi) is 6.86. The number of carbonyl (C=O) groups excluding carboxylic acids is 1. The minimum Gasteiger partial charge on any atom is -0.391 e. The Morgan fingerprint density at radius 2 is 2.22 bits per heavy atom. The van der Waals surface area contributed by atoms with Gasteiger partial charge in [-0.3, -0.25) is 14.9 Å². The van der Waals surface area contributed by atoms with Gasteiger partial charge in [0.25, 0.3) is 11.7 Å². The molecule has 0 spiro atoms. The van der Waals surface area contributed by atoms with Crippen LogP contribution >= 0.6 is 12.2 Å². The smallest absolute Gasteiger partial charge is 0.273 e. The molecular formula is C19H20N3O4S+. The number of ketones is 1. The molecule has 27 heavy (non-hydrogen) atoms. The molecule has 140 valence electrons. The van der Waals surface area contributed by atoms with Gasteiger partial charge in [-0.25, -0.2) is 0 Å². The number of nitro groups is 1. The summed E-state index contributed by atoms with van der Waals surface area (Å²) in [4.78, 5) is 24.1. The molecule has 0 fully saturated rings. The third-order valence-corrected chi connectivity index (χ3v) is 4.34. The number of aliphatic hydroxyl groups excluding tert-OH is 1. The van der Waals surface area contributed by atoms with E-state index in [-0.39, 0.29) is 28.6 Å². The number of Topliss-reactive ketones (excluding diaryl/α,β-unsaturated/α-hetero) is 1. The maximum atomic E-state index is 13.2. The van der Waals surface area contributed by atoms with Crippen LogP contribution in [0.5, 0.6) is 0 Å². The number of carbonyl (C=O) groups is 1. The molecule has 0 aliphatic rings. The van der Waals surface area contributed by atoms with Gasteiger partial charge in [0.05, 0.1) is 11.5 Å². The van der Waals surface area contributed by atoms with Gasteiger partial charge in [-0.1, -0.05) is 30.4 Å². The first-order valence-electron chi connectivity index (χ1n) is 8.17. The zero-order valence-corrected chi connectivity index (χ0v) is 15.6. The summed E-state index contributed by atoms with van der Waals surface area (Å²) in [6.45, 7) is 5.41. The second-order valence-electron chi connectivity index (χ2n) is 5.88. The van der Waals surface area contributed by atoms with Crippen molar-refractivity contribution in [1.29, 1.82) is 0 Å². The van der Waals surface area contributed by atoms with Gasteiger partial charge in [0.15, 0.2) is 17.4 Å². The Labute approximate surface area is 162 Å². The van der Waals surface area contributed by atoms with Crippen molar-refractivity contribution in [1.82, 2.24) is 5.32 Å². The van der Waals surface area contributed by atoms with E-state index in [4.69, 9.17) is 12.2 Å². The number of nitrogens with zero attached hydrogens (tertiary/aromatic N) is 2. The highest BCUT2D eigenvalue weighted by Crippen LogP contribution is 2.21. The predicted octanol–water partition coefficient (Wildman–Crippen LogP) is 2.21. The molecule has 0 radical (unpaired) electrons. The molecule has 0 aliphatic carbocycles. The molecule has 0 saturated heterocycles. The summed E-state index contributed by atoms with van der Waals surface area (Å²) < 4.78 is 1.58. The van der Waals surface area contributed by atoms with Crippen molar-refractivity contribution in [3.63, 3.8) is 0 Å². The number of aryl methyl sites for hydroxylation is 1. The number of aromatic nitrogens is 1. The van der Waals surface area contributed by atoms with Gasteiger partial charge in [-0.05, 0) is 13.0 Å². The normalized spacial score (nSPS) is 11.5. The Morgan fingerprint density at radius 1 is 1.48 bits per heavy atom. The third kappa shape index (κ3) is 4.81. The van der Waals surface area contributed by atoms with Crippen molar-refractivity contribution in [3.8, 4) is 0 Å². The number of rotatable bonds is 8. The molecule has 8 heteroatoms. The lowest BCUT2D eigenvalue weighted by Crippen LogP contribution is -2.51. The number of hydrogen-bond donors (Lipinski definition) is 2. The second-order valence-corrected chi connectivity index (χ2v) is 6.32. The van der Waals surface area contributed by atoms with E-state index in [9.17, 15) is 20.0 Å². The van der Waals surface area contributed by atoms with E-state index < -0.39 is 11.0 Å². The first kappa shape index (κ1) is 20.3. The lowest BCUT2D eigenvalue weighted by atomic mass is 10.0. The fourth-order valence-electron chi connectivity index (χ4n) is 2.57. The highest BCUT2D eigenvalue weighted by Gasteiger charge is 2.34. The van der Waals surface area contributed by atoms with Gasteiger partial charge in [0.1, 0.15) is 0 Å². The van der Waals surface area contributed by atoms with Crippen molar-refractivity contribution < 1.29 is 19.4 Å². The number of benzene rings is 1. The molecule has 1 aromatic carbocycles. The van der Waals surface area contributed by atoms with Crippen molar-refractivity contribution in [3.05, 3.63) is 82.2 Å². The number of thiocarbonyl (C=S) groups is 1. The molecule has 0 unspecified atom stereocenters. The van der Waals surface area contributed by atoms with Gasteiger partial charge in [-0.15, -0.1) is 6.58 Å². The predicted molar refractivity (Wildman–Crippen MR) is 105 cm³/mol. The number of nitrogens with one attached hydrogen (secondary N) is 1. The molecule has 0 amide bonds. The van der Waals surface area contributed by atoms with Crippen LogP contribution in [-0.2, 0) is 6.61 Å². The van der Waals surface area contributed by atoms with E-state index in [1.165, 1.54) is 12.1 Å². The molecule has 1 heterocycles. The van der Waals surface area contributed by atoms with Crippen LogP contribution in [0.1, 0.15) is 27.5 Å². The SMILES string of the molecule is C=CCNC(=S)[C@H](C(=O)c1ccc(C)c([N+](=O)[O-])c1)[n+]1cccc(CO)c1. The summed E-state index contributed by atoms with van der Waals surface area (Å²) in [6.07, 6.45) is 4.89. The first-order valence-corrected chi connectivity index (χ1v) is 8.58. The van der Waals surface area contributed by atoms with E-state index in [1.54, 1.807) is 48.2 Å². The topological polar surface area (TPSA) is 96.3 Å². The van der Waals surface area contributed by atoms with Crippen LogP contribution < -0.4 is 9.88 Å². The minimum atomic E-state index is -0.909. The summed E-state index contributed by atoms with van der Waals surface area (Å²) >= 11 is 5.39. The third-order valence-electron chi connectivity index (χ3n) is 3.97. The molecule has 2 N–H and O–H groups in total. The number of pyridine rings is 1. The fraction of sp³-hybridized carbons (Fsp3) is 0.211. The monoisotopic (exact) mass is 386 g/mol. The van der Waals surface area contributed by atoms with Gasteiger partial charge < -0.3 is 10.4 Å². The van der Waals surface area contributed by atoms with E-state index in [0.717, 1.165) is 0 Å². The number of hydrogen-bond acceptors (Lipinski definition) is 5. The van der Waals surface area contributed by atoms with Crippen LogP contribution in [0.25, 0.3) is 0 Å². The van der Waals surface area contributed by atoms with Crippen LogP contribution in [0.3, 0.4) is 0 Å². The Balaban J connectivity index is 2.50. The highest BCUT2D eigenvalue weighted by atomic mass is 32.1. The molecule has 0 aliphatic heterocycles. The van der Waals surface area contributed by atoms with Gasteiger partial charge in [-0.2, -0.15) is 4.57 Å². The van der Waals surface area contributed by atoms with E-state index in [2.05, 4.69) is 11.9 Å². The van der Waals surface area contributed by atoms with Crippen LogP contribution in [0.2, 0.25) is 0 Å². The minimum absolute atomic E-state index is 0.126. The van der Waals surface area contributed by atoms with Crippen molar-refractivity contribution >= 4 is 28.7 Å². The van der Waals surface area contributed by atoms with Crippen molar-refractivity contribution in [2.24, 2.45) is 0 Å². The maximum absolute atomic E-state index is 13.2. The quantitative estimate of drug-likeness (QED) is 0.180. The largest absolute Gasteiger partial charge is 0.391 e. The molecule has 0 bridgehead atoms. The van der Waals surface area contributed by atoms with E-state index >= 15 is 0 Å². The molecule has 1 aromatic heterocycles. The Morgan fingerprint density at radius 3 is 2.85 bits per heavy atom. The average Bonchev–Trinajstić information content (AvgIpc) is 2.66. The molecule has 2 aromatic rings. The molecule has 2 rings (SSSR count). The first-order chi connectivity index (χ1) is 12.9. The van der Waals surface area contributed by atoms with Crippen LogP contribution in [-0.4, -0.2) is 27.3 Å². The average molecular weight is 386 g/mol. The van der Waals surface area contributed by atoms with Crippen molar-refractivity contribution in [2.75, 3.05) is 6.54 Å². The second kappa shape index (κ2) is 9.11. The summed E-state index contributed by atoms with van der Waals surface area (Å²) in [5.41, 5.74) is 1.13. The zero-order valence-electron chi connectivity index (χ0n) is 14.8. The molecule has 1 atom stereocenters. The fourth-order valence-corrected chi connectivity index (χ4v) is 2.89. The van der Waals surface area contributed by atoms with Gasteiger partial charge >= 0.3 is 0 Å². The Hall–Kier alpha value is -2.97.